The van der Waals surface area contributed by atoms with Crippen molar-refractivity contribution in [2.24, 2.45) is 5.92 Å². The molecule has 1 aliphatic carbocycles. The number of hydrogen-bond donors (Lipinski definition) is 1. The predicted octanol–water partition coefficient (Wildman–Crippen LogP) is 3.19. The van der Waals surface area contributed by atoms with Gasteiger partial charge >= 0.3 is 6.36 Å². The molecule has 2 unspecified atom stereocenters. The maximum atomic E-state index is 11.9. The maximum absolute atomic E-state index is 11.9. The van der Waals surface area contributed by atoms with Crippen LogP contribution < -0.4 is 10.1 Å². The minimum absolute atomic E-state index is 0.223. The first-order chi connectivity index (χ1) is 8.92. The largest absolute Gasteiger partial charge is 0.574 e. The van der Waals surface area contributed by atoms with Crippen LogP contribution in [-0.2, 0) is 0 Å². The van der Waals surface area contributed by atoms with Crippen LogP contribution in [-0.4, -0.2) is 28.3 Å². The fourth-order valence-electron chi connectivity index (χ4n) is 2.03. The Morgan fingerprint density at radius 3 is 2.63 bits per heavy atom. The fourth-order valence-corrected chi connectivity index (χ4v) is 2.40. The lowest BCUT2D eigenvalue weighted by Crippen LogP contribution is -2.18. The highest BCUT2D eigenvalue weighted by Gasteiger charge is 2.31. The molecule has 19 heavy (non-hydrogen) atoms. The molecule has 0 radical (unpaired) electrons. The fraction of sp³-hybridized carbons (Fsp3) is 0.636. The number of nitrogens with zero attached hydrogens (tertiary/aromatic N) is 2. The molecule has 1 aromatic rings. The van der Waals surface area contributed by atoms with Crippen molar-refractivity contribution >= 4 is 17.4 Å². The molecular formula is C11H13ClF3N3O. The molecule has 8 heteroatoms. The number of rotatable bonds is 4. The molecule has 2 atom stereocenters. The molecule has 1 saturated carbocycles. The second-order valence-corrected chi connectivity index (χ2v) is 5.06. The van der Waals surface area contributed by atoms with Crippen LogP contribution in [0, 0.1) is 5.92 Å². The Morgan fingerprint density at radius 2 is 2.11 bits per heavy atom. The molecule has 0 aliphatic heterocycles. The number of hydrogen-bond acceptors (Lipinski definition) is 4. The highest BCUT2D eigenvalue weighted by Crippen LogP contribution is 2.29. The third kappa shape index (κ3) is 4.74. The quantitative estimate of drug-likeness (QED) is 0.867. The summed E-state index contributed by atoms with van der Waals surface area (Å²) >= 11 is 5.99. The van der Waals surface area contributed by atoms with Crippen LogP contribution in [0.2, 0.25) is 0 Å². The van der Waals surface area contributed by atoms with Gasteiger partial charge in [-0.2, -0.15) is 0 Å². The van der Waals surface area contributed by atoms with Crippen LogP contribution in [0.5, 0.6) is 5.88 Å². The molecule has 4 nitrogen and oxygen atoms in total. The minimum atomic E-state index is -4.75. The zero-order chi connectivity index (χ0) is 13.9. The van der Waals surface area contributed by atoms with Crippen LogP contribution in [0.3, 0.4) is 0 Å². The lowest BCUT2D eigenvalue weighted by molar-refractivity contribution is -0.276. The molecule has 1 N–H and O–H groups in total. The zero-order valence-electron chi connectivity index (χ0n) is 9.95. The Bertz CT molecular complexity index is 413. The summed E-state index contributed by atoms with van der Waals surface area (Å²) in [4.78, 5) is 7.34. The summed E-state index contributed by atoms with van der Waals surface area (Å²) in [5, 5.41) is 3.25. The summed E-state index contributed by atoms with van der Waals surface area (Å²) in [7, 11) is 0. The van der Waals surface area contributed by atoms with E-state index in [0.717, 1.165) is 25.5 Å². The van der Waals surface area contributed by atoms with Crippen LogP contribution in [0.25, 0.3) is 0 Å². The molecule has 0 saturated heterocycles. The minimum Gasteiger partial charge on any atom is -0.386 e. The number of alkyl halides is 4. The molecule has 1 fully saturated rings. The molecule has 1 heterocycles. The molecule has 1 aromatic heterocycles. The van der Waals surface area contributed by atoms with Crippen molar-refractivity contribution in [3.63, 3.8) is 0 Å². The Balaban J connectivity index is 1.82. The van der Waals surface area contributed by atoms with E-state index in [1.54, 1.807) is 0 Å². The topological polar surface area (TPSA) is 47.0 Å². The average Bonchev–Trinajstić information content (AvgIpc) is 2.72. The summed E-state index contributed by atoms with van der Waals surface area (Å²) in [5.74, 6) is 0.322. The van der Waals surface area contributed by atoms with E-state index in [0.29, 0.717) is 18.3 Å². The number of ether oxygens (including phenoxy) is 1. The standard InChI is InChI=1S/C11H13ClF3N3O/c12-8-2-1-7(3-8)4-16-9-5-18-10(6-17-9)19-11(13,14)15/h5-8H,1-4H2,(H,16,17). The van der Waals surface area contributed by atoms with Crippen LogP contribution in [0.15, 0.2) is 12.4 Å². The molecular weight excluding hydrogens is 283 g/mol. The number of anilines is 1. The van der Waals surface area contributed by atoms with E-state index >= 15 is 0 Å². The monoisotopic (exact) mass is 295 g/mol. The molecule has 0 aromatic carbocycles. The van der Waals surface area contributed by atoms with Gasteiger partial charge in [0.1, 0.15) is 5.82 Å². The lowest BCUT2D eigenvalue weighted by Gasteiger charge is -2.11. The van der Waals surface area contributed by atoms with E-state index < -0.39 is 12.2 Å². The van der Waals surface area contributed by atoms with Gasteiger partial charge in [0.25, 0.3) is 0 Å². The first kappa shape index (κ1) is 14.2. The number of nitrogens with one attached hydrogen (secondary N) is 1. The normalized spacial score (nSPS) is 23.4. The third-order valence-electron chi connectivity index (χ3n) is 2.90. The van der Waals surface area contributed by atoms with Crippen molar-refractivity contribution in [1.82, 2.24) is 9.97 Å². The van der Waals surface area contributed by atoms with Crippen molar-refractivity contribution in [2.45, 2.75) is 31.0 Å². The van der Waals surface area contributed by atoms with E-state index in [1.165, 1.54) is 6.20 Å². The van der Waals surface area contributed by atoms with Gasteiger partial charge in [-0.15, -0.1) is 24.8 Å². The van der Waals surface area contributed by atoms with Gasteiger partial charge < -0.3 is 10.1 Å². The van der Waals surface area contributed by atoms with Crippen molar-refractivity contribution in [3.05, 3.63) is 12.4 Å². The second kappa shape index (κ2) is 5.81. The molecule has 106 valence electrons. The van der Waals surface area contributed by atoms with Crippen LogP contribution in [0.1, 0.15) is 19.3 Å². The van der Waals surface area contributed by atoms with Gasteiger partial charge in [0.05, 0.1) is 12.4 Å². The van der Waals surface area contributed by atoms with Gasteiger partial charge in [-0.05, 0) is 25.2 Å². The predicted molar refractivity (Wildman–Crippen MR) is 64.2 cm³/mol. The second-order valence-electron chi connectivity index (χ2n) is 4.44. The van der Waals surface area contributed by atoms with Gasteiger partial charge in [-0.25, -0.2) is 9.97 Å². The summed E-state index contributed by atoms with van der Waals surface area (Å²) in [6.07, 6.45) is 0.394. The first-order valence-electron chi connectivity index (χ1n) is 5.88. The van der Waals surface area contributed by atoms with Gasteiger partial charge in [0.15, 0.2) is 0 Å². The Hall–Kier alpha value is -1.24. The highest BCUT2D eigenvalue weighted by molar-refractivity contribution is 6.20. The van der Waals surface area contributed by atoms with E-state index in [2.05, 4.69) is 20.0 Å². The van der Waals surface area contributed by atoms with Crippen molar-refractivity contribution in [2.75, 3.05) is 11.9 Å². The summed E-state index contributed by atoms with van der Waals surface area (Å²) in [6.45, 7) is 0.692. The van der Waals surface area contributed by atoms with E-state index in [1.807, 2.05) is 0 Å². The zero-order valence-corrected chi connectivity index (χ0v) is 10.7. The summed E-state index contributed by atoms with van der Waals surface area (Å²) in [6, 6.07) is 0. The first-order valence-corrected chi connectivity index (χ1v) is 6.32. The lowest BCUT2D eigenvalue weighted by atomic mass is 10.1. The van der Waals surface area contributed by atoms with Gasteiger partial charge in [0, 0.05) is 11.9 Å². The molecule has 0 amide bonds. The number of halogens is 4. The average molecular weight is 296 g/mol. The van der Waals surface area contributed by atoms with Gasteiger partial charge in [-0.1, -0.05) is 0 Å². The van der Waals surface area contributed by atoms with Crippen LogP contribution in [0.4, 0.5) is 19.0 Å². The van der Waals surface area contributed by atoms with Gasteiger partial charge in [0.2, 0.25) is 5.88 Å². The molecule has 0 bridgehead atoms. The number of aromatic nitrogens is 2. The highest BCUT2D eigenvalue weighted by atomic mass is 35.5. The summed E-state index contributed by atoms with van der Waals surface area (Å²) < 4.78 is 39.4. The SMILES string of the molecule is FC(F)(F)Oc1cnc(NCC2CCC(Cl)C2)cn1. The van der Waals surface area contributed by atoms with Gasteiger partial charge in [-0.3, -0.25) is 0 Å². The molecule has 0 spiro atoms. The van der Waals surface area contributed by atoms with E-state index in [-0.39, 0.29) is 5.38 Å². The van der Waals surface area contributed by atoms with E-state index in [9.17, 15) is 13.2 Å². The third-order valence-corrected chi connectivity index (χ3v) is 3.29. The smallest absolute Gasteiger partial charge is 0.386 e. The Labute approximate surface area is 113 Å². The van der Waals surface area contributed by atoms with E-state index in [4.69, 9.17) is 11.6 Å². The Kier molecular flexibility index (Phi) is 4.34. The maximum Gasteiger partial charge on any atom is 0.574 e. The van der Waals surface area contributed by atoms with Crippen molar-refractivity contribution in [1.29, 1.82) is 0 Å². The molecule has 2 rings (SSSR count). The van der Waals surface area contributed by atoms with Crippen LogP contribution >= 0.6 is 11.6 Å². The molecule has 1 aliphatic rings. The van der Waals surface area contributed by atoms with Crippen molar-refractivity contribution < 1.29 is 17.9 Å². The van der Waals surface area contributed by atoms with Crippen molar-refractivity contribution in [3.8, 4) is 5.88 Å². The summed E-state index contributed by atoms with van der Waals surface area (Å²) in [5.41, 5.74) is 0. The Morgan fingerprint density at radius 1 is 1.32 bits per heavy atom.